The van der Waals surface area contributed by atoms with Crippen molar-refractivity contribution in [3.8, 4) is 0 Å². The number of carboxylic acid groups (broad SMARTS) is 1. The van der Waals surface area contributed by atoms with Crippen LogP contribution in [0.25, 0.3) is 0 Å². The summed E-state index contributed by atoms with van der Waals surface area (Å²) in [6.45, 7) is 4.25. The summed E-state index contributed by atoms with van der Waals surface area (Å²) < 4.78 is 25.8. The largest absolute Gasteiger partial charge is 0.481 e. The highest BCUT2D eigenvalue weighted by Crippen LogP contribution is 2.27. The second-order valence-electron chi connectivity index (χ2n) is 5.19. The molecule has 0 bridgehead atoms. The average molecular weight is 263 g/mol. The van der Waals surface area contributed by atoms with Crippen LogP contribution in [0.3, 0.4) is 0 Å². The van der Waals surface area contributed by atoms with Gasteiger partial charge in [-0.3, -0.25) is 4.79 Å². The predicted molar refractivity (Wildman–Crippen MR) is 65.1 cm³/mol. The zero-order valence-electron chi connectivity index (χ0n) is 10.3. The van der Waals surface area contributed by atoms with Crippen LogP contribution in [0.5, 0.6) is 0 Å². The summed E-state index contributed by atoms with van der Waals surface area (Å²) in [6, 6.07) is 0. The maximum absolute atomic E-state index is 11.6. The molecule has 1 atom stereocenters. The topological polar surface area (TPSA) is 83.5 Å². The number of hydrogen-bond acceptors (Lipinski definition) is 3. The third-order valence-corrected chi connectivity index (χ3v) is 4.72. The zero-order chi connectivity index (χ0) is 13.1. The molecule has 17 heavy (non-hydrogen) atoms. The summed E-state index contributed by atoms with van der Waals surface area (Å²) in [4.78, 5) is 10.7. The van der Waals surface area contributed by atoms with Crippen molar-refractivity contribution in [2.24, 2.45) is 11.8 Å². The van der Waals surface area contributed by atoms with E-state index < -0.39 is 16.0 Å². The first kappa shape index (κ1) is 14.4. The van der Waals surface area contributed by atoms with E-state index in [-0.39, 0.29) is 24.1 Å². The van der Waals surface area contributed by atoms with Gasteiger partial charge in [0.2, 0.25) is 10.0 Å². The van der Waals surface area contributed by atoms with Crippen LogP contribution >= 0.6 is 0 Å². The van der Waals surface area contributed by atoms with Crippen LogP contribution in [0.4, 0.5) is 0 Å². The van der Waals surface area contributed by atoms with Crippen molar-refractivity contribution >= 4 is 16.0 Å². The first-order valence-electron chi connectivity index (χ1n) is 6.01. The minimum Gasteiger partial charge on any atom is -0.481 e. The highest BCUT2D eigenvalue weighted by atomic mass is 32.2. The number of rotatable bonds is 8. The van der Waals surface area contributed by atoms with E-state index in [4.69, 9.17) is 5.11 Å². The number of hydrogen-bond donors (Lipinski definition) is 2. The Labute approximate surface area is 103 Å². The number of nitrogens with one attached hydrogen (secondary N) is 1. The summed E-state index contributed by atoms with van der Waals surface area (Å²) in [7, 11) is -3.20. The smallest absolute Gasteiger partial charge is 0.303 e. The lowest BCUT2D eigenvalue weighted by atomic mass is 9.94. The van der Waals surface area contributed by atoms with Crippen molar-refractivity contribution in [1.82, 2.24) is 4.72 Å². The number of aliphatic carboxylic acids is 1. The molecule has 0 amide bonds. The highest BCUT2D eigenvalue weighted by molar-refractivity contribution is 7.90. The summed E-state index contributed by atoms with van der Waals surface area (Å²) in [5.74, 6) is -0.632. The Morgan fingerprint density at radius 2 is 2.00 bits per heavy atom. The Bertz CT molecular complexity index is 360. The van der Waals surface area contributed by atoms with Crippen molar-refractivity contribution in [1.29, 1.82) is 0 Å². The van der Waals surface area contributed by atoms with Gasteiger partial charge in [0.1, 0.15) is 0 Å². The second kappa shape index (κ2) is 5.82. The van der Waals surface area contributed by atoms with E-state index >= 15 is 0 Å². The van der Waals surface area contributed by atoms with Crippen molar-refractivity contribution in [2.45, 2.75) is 44.8 Å². The molecule has 100 valence electrons. The fraction of sp³-hybridized carbons (Fsp3) is 0.909. The molecule has 0 aromatic carbocycles. The molecule has 1 aliphatic rings. The molecule has 6 heteroatoms. The van der Waals surface area contributed by atoms with Crippen molar-refractivity contribution in [3.63, 3.8) is 0 Å². The van der Waals surface area contributed by atoms with Gasteiger partial charge in [0.25, 0.3) is 0 Å². The molecule has 0 aliphatic heterocycles. The zero-order valence-corrected chi connectivity index (χ0v) is 11.2. The number of sulfonamides is 1. The van der Waals surface area contributed by atoms with Gasteiger partial charge in [-0.15, -0.1) is 0 Å². The van der Waals surface area contributed by atoms with E-state index in [0.29, 0.717) is 5.92 Å². The van der Waals surface area contributed by atoms with Crippen LogP contribution in [-0.2, 0) is 14.8 Å². The molecule has 1 saturated carbocycles. The van der Waals surface area contributed by atoms with E-state index in [1.807, 2.05) is 13.8 Å². The molecule has 0 radical (unpaired) electrons. The third-order valence-electron chi connectivity index (χ3n) is 2.80. The van der Waals surface area contributed by atoms with Crippen LogP contribution in [0.15, 0.2) is 0 Å². The summed E-state index contributed by atoms with van der Waals surface area (Å²) >= 11 is 0. The monoisotopic (exact) mass is 263 g/mol. The van der Waals surface area contributed by atoms with Crippen LogP contribution in [0.2, 0.25) is 0 Å². The Hall–Kier alpha value is -0.620. The van der Waals surface area contributed by atoms with Crippen LogP contribution in [0, 0.1) is 11.8 Å². The maximum Gasteiger partial charge on any atom is 0.303 e. The van der Waals surface area contributed by atoms with Gasteiger partial charge in [-0.1, -0.05) is 13.8 Å². The summed E-state index contributed by atoms with van der Waals surface area (Å²) in [6.07, 6.45) is 2.19. The van der Waals surface area contributed by atoms with E-state index in [9.17, 15) is 13.2 Å². The summed E-state index contributed by atoms with van der Waals surface area (Å²) in [5.41, 5.74) is 0. The maximum atomic E-state index is 11.6. The summed E-state index contributed by atoms with van der Waals surface area (Å²) in [5, 5.41) is 8.53. The number of carbonyl (C=O) groups is 1. The van der Waals surface area contributed by atoms with Crippen LogP contribution < -0.4 is 4.72 Å². The lowest BCUT2D eigenvalue weighted by Crippen LogP contribution is -2.33. The van der Waals surface area contributed by atoms with Crippen molar-refractivity contribution in [2.75, 3.05) is 6.54 Å². The molecule has 0 saturated heterocycles. The van der Waals surface area contributed by atoms with Crippen LogP contribution in [0.1, 0.15) is 39.5 Å². The molecule has 0 unspecified atom stereocenters. The molecule has 5 nitrogen and oxygen atoms in total. The van der Waals surface area contributed by atoms with Gasteiger partial charge in [0.05, 0.1) is 5.25 Å². The first-order chi connectivity index (χ1) is 7.81. The minimum absolute atomic E-state index is 0.0192. The molecular formula is C11H21NO4S. The molecule has 0 spiro atoms. The molecule has 2 N–H and O–H groups in total. The molecule has 0 aromatic rings. The molecule has 0 aromatic heterocycles. The van der Waals surface area contributed by atoms with Crippen molar-refractivity contribution < 1.29 is 18.3 Å². The first-order valence-corrected chi connectivity index (χ1v) is 7.56. The molecule has 1 aliphatic carbocycles. The lowest BCUT2D eigenvalue weighted by Gasteiger charge is -2.17. The average Bonchev–Trinajstić information content (AvgIpc) is 2.95. The Morgan fingerprint density at radius 1 is 1.41 bits per heavy atom. The van der Waals surface area contributed by atoms with E-state index in [1.165, 1.54) is 0 Å². The van der Waals surface area contributed by atoms with Gasteiger partial charge in [0.15, 0.2) is 0 Å². The Morgan fingerprint density at radius 3 is 2.41 bits per heavy atom. The Kier molecular flexibility index (Phi) is 4.94. The Balaban J connectivity index is 2.44. The predicted octanol–water partition coefficient (Wildman–Crippen LogP) is 1.21. The lowest BCUT2D eigenvalue weighted by molar-refractivity contribution is -0.138. The van der Waals surface area contributed by atoms with E-state index in [2.05, 4.69) is 4.72 Å². The molecule has 0 heterocycles. The second-order valence-corrected chi connectivity index (χ2v) is 7.23. The van der Waals surface area contributed by atoms with E-state index in [0.717, 1.165) is 19.3 Å². The van der Waals surface area contributed by atoms with Gasteiger partial charge in [0, 0.05) is 13.0 Å². The molecule has 1 fully saturated rings. The normalized spacial score (nSPS) is 18.3. The van der Waals surface area contributed by atoms with Gasteiger partial charge >= 0.3 is 5.97 Å². The van der Waals surface area contributed by atoms with E-state index in [1.54, 1.807) is 0 Å². The minimum atomic E-state index is -3.20. The van der Waals surface area contributed by atoms with Crippen molar-refractivity contribution in [3.05, 3.63) is 0 Å². The van der Waals surface area contributed by atoms with Crippen LogP contribution in [-0.4, -0.2) is 31.3 Å². The molecular weight excluding hydrogens is 242 g/mol. The van der Waals surface area contributed by atoms with Gasteiger partial charge in [-0.25, -0.2) is 13.1 Å². The standard InChI is InChI=1S/C11H21NO4S/c1-8(2)5-9(6-11(13)14)7-12-17(15,16)10-3-4-10/h8-10,12H,3-7H2,1-2H3,(H,13,14)/t9-/m0/s1. The quantitative estimate of drug-likeness (QED) is 0.689. The fourth-order valence-corrected chi connectivity index (χ4v) is 3.34. The highest BCUT2D eigenvalue weighted by Gasteiger charge is 2.35. The SMILES string of the molecule is CC(C)C[C@H](CNS(=O)(=O)C1CC1)CC(=O)O. The molecule has 1 rings (SSSR count). The number of carboxylic acids is 1. The van der Waals surface area contributed by atoms with Gasteiger partial charge in [-0.2, -0.15) is 0 Å². The van der Waals surface area contributed by atoms with Gasteiger partial charge in [-0.05, 0) is 31.1 Å². The fourth-order valence-electron chi connectivity index (χ4n) is 1.88. The third kappa shape index (κ3) is 5.50. The van der Waals surface area contributed by atoms with Gasteiger partial charge < -0.3 is 5.11 Å².